The van der Waals surface area contributed by atoms with Gasteiger partial charge in [0.15, 0.2) is 11.5 Å². The normalized spacial score (nSPS) is 10.0. The van der Waals surface area contributed by atoms with Crippen molar-refractivity contribution in [2.75, 3.05) is 41.0 Å². The largest absolute Gasteiger partial charge is 0.504 e. The van der Waals surface area contributed by atoms with Gasteiger partial charge in [-0.1, -0.05) is 6.07 Å². The summed E-state index contributed by atoms with van der Waals surface area (Å²) in [7, 11) is 4.42. The number of para-hydroxylation sites is 1. The lowest BCUT2D eigenvalue weighted by Gasteiger charge is -2.18. The van der Waals surface area contributed by atoms with Crippen molar-refractivity contribution in [1.29, 1.82) is 0 Å². The van der Waals surface area contributed by atoms with E-state index in [2.05, 4.69) is 5.32 Å². The van der Waals surface area contributed by atoms with E-state index < -0.39 is 5.91 Å². The van der Waals surface area contributed by atoms with Crippen molar-refractivity contribution >= 4 is 11.8 Å². The Labute approximate surface area is 123 Å². The number of phenolic OH excluding ortho intramolecular Hbond substituents is 1. The molecule has 0 aliphatic carbocycles. The number of hydrogen-bond donors (Lipinski definition) is 2. The van der Waals surface area contributed by atoms with Gasteiger partial charge in [-0.15, -0.1) is 0 Å². The Hall–Kier alpha value is -2.28. The third kappa shape index (κ3) is 4.64. The van der Waals surface area contributed by atoms with E-state index in [9.17, 15) is 14.7 Å². The first-order chi connectivity index (χ1) is 10.0. The molecule has 21 heavy (non-hydrogen) atoms. The van der Waals surface area contributed by atoms with Gasteiger partial charge in [0, 0.05) is 20.7 Å². The summed E-state index contributed by atoms with van der Waals surface area (Å²) in [5.74, 6) is -0.797. The van der Waals surface area contributed by atoms with Crippen molar-refractivity contribution in [2.45, 2.75) is 0 Å². The molecule has 0 aliphatic rings. The lowest BCUT2D eigenvalue weighted by atomic mass is 10.1. The molecule has 0 aliphatic heterocycles. The lowest BCUT2D eigenvalue weighted by molar-refractivity contribution is -0.121. The van der Waals surface area contributed by atoms with Crippen LogP contribution in [0.3, 0.4) is 0 Å². The maximum absolute atomic E-state index is 12.2. The number of amides is 2. The van der Waals surface area contributed by atoms with Crippen LogP contribution in [0.5, 0.6) is 11.5 Å². The molecule has 1 aromatic rings. The average Bonchev–Trinajstić information content (AvgIpc) is 2.47. The Bertz CT molecular complexity index is 504. The molecule has 0 saturated heterocycles. The second kappa shape index (κ2) is 8.11. The van der Waals surface area contributed by atoms with Gasteiger partial charge in [-0.2, -0.15) is 0 Å². The molecule has 0 fully saturated rings. The summed E-state index contributed by atoms with van der Waals surface area (Å²) in [5.41, 5.74) is 0.0848. The number of carbonyl (C=O) groups excluding carboxylic acids is 2. The third-order valence-corrected chi connectivity index (χ3v) is 2.81. The summed E-state index contributed by atoms with van der Waals surface area (Å²) in [6.45, 7) is 0.668. The van der Waals surface area contributed by atoms with Gasteiger partial charge in [0.1, 0.15) is 0 Å². The van der Waals surface area contributed by atoms with Gasteiger partial charge in [0.25, 0.3) is 5.91 Å². The fourth-order valence-corrected chi connectivity index (χ4v) is 1.70. The van der Waals surface area contributed by atoms with Crippen LogP contribution >= 0.6 is 0 Å². The number of aromatic hydroxyl groups is 1. The Morgan fingerprint density at radius 2 is 2.05 bits per heavy atom. The monoisotopic (exact) mass is 296 g/mol. The minimum absolute atomic E-state index is 0.0848. The first kappa shape index (κ1) is 16.8. The van der Waals surface area contributed by atoms with Gasteiger partial charge < -0.3 is 24.8 Å². The highest BCUT2D eigenvalue weighted by atomic mass is 16.5. The highest BCUT2D eigenvalue weighted by Gasteiger charge is 2.19. The molecule has 7 heteroatoms. The van der Waals surface area contributed by atoms with E-state index in [1.165, 1.54) is 32.2 Å². The van der Waals surface area contributed by atoms with Crippen molar-refractivity contribution in [3.63, 3.8) is 0 Å². The SMILES string of the molecule is COCCNC(=O)CN(C)C(=O)c1cccc(OC)c1O. The van der Waals surface area contributed by atoms with Gasteiger partial charge in [0.05, 0.1) is 25.8 Å². The standard InChI is InChI=1S/C14H20N2O5/c1-16(9-12(17)15-7-8-20-2)14(19)10-5-4-6-11(21-3)13(10)18/h4-6,18H,7-9H2,1-3H3,(H,15,17). The maximum Gasteiger partial charge on any atom is 0.257 e. The first-order valence-electron chi connectivity index (χ1n) is 6.38. The molecule has 2 amide bonds. The quantitative estimate of drug-likeness (QED) is 0.704. The van der Waals surface area contributed by atoms with Crippen molar-refractivity contribution in [1.82, 2.24) is 10.2 Å². The number of methoxy groups -OCH3 is 2. The molecule has 0 bridgehead atoms. The zero-order chi connectivity index (χ0) is 15.8. The highest BCUT2D eigenvalue weighted by molar-refractivity contribution is 5.99. The number of benzene rings is 1. The van der Waals surface area contributed by atoms with Gasteiger partial charge in [-0.3, -0.25) is 9.59 Å². The summed E-state index contributed by atoms with van der Waals surface area (Å²) >= 11 is 0. The molecule has 0 spiro atoms. The van der Waals surface area contributed by atoms with Crippen LogP contribution in [0, 0.1) is 0 Å². The molecule has 2 N–H and O–H groups in total. The zero-order valence-electron chi connectivity index (χ0n) is 12.4. The van der Waals surface area contributed by atoms with Crippen LogP contribution in [0.4, 0.5) is 0 Å². The minimum atomic E-state index is -0.465. The summed E-state index contributed by atoms with van der Waals surface area (Å²) in [6.07, 6.45) is 0. The first-order valence-corrected chi connectivity index (χ1v) is 6.38. The predicted octanol–water partition coefficient (Wildman–Crippen LogP) is 0.235. The van der Waals surface area contributed by atoms with E-state index in [1.54, 1.807) is 12.1 Å². The number of phenols is 1. The van der Waals surface area contributed by atoms with Crippen LogP contribution in [0.1, 0.15) is 10.4 Å². The Balaban J connectivity index is 2.68. The van der Waals surface area contributed by atoms with Gasteiger partial charge >= 0.3 is 0 Å². The van der Waals surface area contributed by atoms with E-state index in [1.807, 2.05) is 0 Å². The Morgan fingerprint density at radius 1 is 1.33 bits per heavy atom. The van der Waals surface area contributed by atoms with E-state index >= 15 is 0 Å². The van der Waals surface area contributed by atoms with E-state index in [0.29, 0.717) is 13.2 Å². The molecule has 0 heterocycles. The molecule has 1 rings (SSSR count). The average molecular weight is 296 g/mol. The molecule has 0 atom stereocenters. The summed E-state index contributed by atoms with van der Waals surface area (Å²) in [4.78, 5) is 25.0. The fraction of sp³-hybridized carbons (Fsp3) is 0.429. The van der Waals surface area contributed by atoms with E-state index in [4.69, 9.17) is 9.47 Å². The number of likely N-dealkylation sites (N-methyl/N-ethyl adjacent to an activating group) is 1. The number of rotatable bonds is 7. The number of carbonyl (C=O) groups is 2. The minimum Gasteiger partial charge on any atom is -0.504 e. The molecule has 116 valence electrons. The number of nitrogens with zero attached hydrogens (tertiary/aromatic N) is 1. The molecule has 1 aromatic carbocycles. The van der Waals surface area contributed by atoms with Crippen LogP contribution in [-0.2, 0) is 9.53 Å². The van der Waals surface area contributed by atoms with Crippen LogP contribution in [0.15, 0.2) is 18.2 Å². The summed E-state index contributed by atoms with van der Waals surface area (Å²) < 4.78 is 9.76. The maximum atomic E-state index is 12.2. The van der Waals surface area contributed by atoms with Crippen LogP contribution in [-0.4, -0.2) is 62.8 Å². The Morgan fingerprint density at radius 3 is 2.67 bits per heavy atom. The summed E-state index contributed by atoms with van der Waals surface area (Å²) in [5, 5.41) is 12.5. The predicted molar refractivity (Wildman–Crippen MR) is 76.5 cm³/mol. The third-order valence-electron chi connectivity index (χ3n) is 2.81. The highest BCUT2D eigenvalue weighted by Crippen LogP contribution is 2.29. The molecule has 0 radical (unpaired) electrons. The number of ether oxygens (including phenoxy) is 2. The van der Waals surface area contributed by atoms with Crippen molar-refractivity contribution in [3.05, 3.63) is 23.8 Å². The summed E-state index contributed by atoms with van der Waals surface area (Å²) in [6, 6.07) is 4.61. The van der Waals surface area contributed by atoms with Crippen molar-refractivity contribution < 1.29 is 24.2 Å². The Kier molecular flexibility index (Phi) is 6.48. The number of nitrogens with one attached hydrogen (secondary N) is 1. The van der Waals surface area contributed by atoms with E-state index in [0.717, 1.165) is 0 Å². The van der Waals surface area contributed by atoms with Crippen LogP contribution in [0.25, 0.3) is 0 Å². The molecule has 0 aromatic heterocycles. The van der Waals surface area contributed by atoms with Crippen molar-refractivity contribution in [2.24, 2.45) is 0 Å². The van der Waals surface area contributed by atoms with Gasteiger partial charge in [-0.05, 0) is 12.1 Å². The number of hydrogen-bond acceptors (Lipinski definition) is 5. The molecular formula is C14H20N2O5. The van der Waals surface area contributed by atoms with E-state index in [-0.39, 0.29) is 29.5 Å². The second-order valence-electron chi connectivity index (χ2n) is 4.36. The second-order valence-corrected chi connectivity index (χ2v) is 4.36. The van der Waals surface area contributed by atoms with Crippen molar-refractivity contribution in [3.8, 4) is 11.5 Å². The van der Waals surface area contributed by atoms with Crippen LogP contribution in [0.2, 0.25) is 0 Å². The molecular weight excluding hydrogens is 276 g/mol. The molecule has 0 unspecified atom stereocenters. The topological polar surface area (TPSA) is 88.1 Å². The van der Waals surface area contributed by atoms with Crippen LogP contribution < -0.4 is 10.1 Å². The smallest absolute Gasteiger partial charge is 0.257 e. The molecule has 0 saturated carbocycles. The zero-order valence-corrected chi connectivity index (χ0v) is 12.4. The molecule has 7 nitrogen and oxygen atoms in total. The fourth-order valence-electron chi connectivity index (χ4n) is 1.70. The van der Waals surface area contributed by atoms with Gasteiger partial charge in [0.2, 0.25) is 5.91 Å². The van der Waals surface area contributed by atoms with Gasteiger partial charge in [-0.25, -0.2) is 0 Å². The lowest BCUT2D eigenvalue weighted by Crippen LogP contribution is -2.39.